The molecule has 0 saturated heterocycles. The van der Waals surface area contributed by atoms with Gasteiger partial charge in [-0.05, 0) is 130 Å². The largest absolute Gasteiger partial charge is 0.414 e. The highest BCUT2D eigenvalue weighted by molar-refractivity contribution is 6.74. The van der Waals surface area contributed by atoms with Crippen molar-refractivity contribution in [1.82, 2.24) is 0 Å². The summed E-state index contributed by atoms with van der Waals surface area (Å²) in [5, 5.41) is 0.231. The second-order valence-electron chi connectivity index (χ2n) is 14.6. The summed E-state index contributed by atoms with van der Waals surface area (Å²) in [5.74, 6) is 0.124. The van der Waals surface area contributed by atoms with Crippen LogP contribution in [0.15, 0.2) is 23.3 Å². The molecule has 0 bridgehead atoms. The summed E-state index contributed by atoms with van der Waals surface area (Å²) >= 11 is 0. The summed E-state index contributed by atoms with van der Waals surface area (Å²) in [5.41, 5.74) is 3.43. The monoisotopic (exact) mass is 505 g/mol. The van der Waals surface area contributed by atoms with Crippen molar-refractivity contribution in [2.45, 2.75) is 144 Å². The molecule has 0 aromatic rings. The lowest BCUT2D eigenvalue weighted by Gasteiger charge is -2.58. The Balaban J connectivity index is 1.47. The molecule has 0 heterocycles. The summed E-state index contributed by atoms with van der Waals surface area (Å²) in [6.45, 7) is 13.3. The maximum Gasteiger partial charge on any atom is 0.192 e. The van der Waals surface area contributed by atoms with Crippen LogP contribution in [-0.2, 0) is 4.43 Å². The Morgan fingerprint density at radius 3 is 2.60 bits per heavy atom. The molecule has 0 radical (unpaired) electrons. The van der Waals surface area contributed by atoms with Gasteiger partial charge in [-0.25, -0.2) is 0 Å². The first-order valence-electron chi connectivity index (χ1n) is 18.0. The lowest BCUT2D eigenvalue weighted by atomic mass is 9.47. The molecular formula is C33H58OSi. The minimum Gasteiger partial charge on any atom is -0.414 e. The van der Waals surface area contributed by atoms with E-state index in [1.54, 1.807) is 5.57 Å². The van der Waals surface area contributed by atoms with Crippen molar-refractivity contribution in [3.05, 3.63) is 23.3 Å². The average molecular weight is 506 g/mol. The molecule has 0 amide bonds. The predicted molar refractivity (Wildman–Crippen MR) is 155 cm³/mol. The summed E-state index contributed by atoms with van der Waals surface area (Å²) in [6, 6.07) is 0. The van der Waals surface area contributed by atoms with Crippen molar-refractivity contribution >= 4 is 8.32 Å². The van der Waals surface area contributed by atoms with Crippen LogP contribution in [0.3, 0.4) is 0 Å². The van der Waals surface area contributed by atoms with Gasteiger partial charge in [0, 0.05) is 15.7 Å². The summed E-state index contributed by atoms with van der Waals surface area (Å²) in [4.78, 5) is 0. The molecule has 35 heavy (non-hydrogen) atoms. The van der Waals surface area contributed by atoms with Crippen molar-refractivity contribution in [3.63, 3.8) is 0 Å². The van der Waals surface area contributed by atoms with Crippen LogP contribution in [0, 0.1) is 40.4 Å². The lowest BCUT2D eigenvalue weighted by Crippen LogP contribution is -2.51. The molecule has 0 aliphatic heterocycles. The van der Waals surface area contributed by atoms with E-state index in [1.165, 1.54) is 44.1 Å². The zero-order valence-electron chi connectivity index (χ0n) is 31.0. The van der Waals surface area contributed by atoms with Gasteiger partial charge < -0.3 is 4.43 Å². The third kappa shape index (κ3) is 5.06. The van der Waals surface area contributed by atoms with Crippen LogP contribution in [0.2, 0.25) is 18.1 Å². The van der Waals surface area contributed by atoms with Crippen LogP contribution in [-0.4, -0.2) is 14.4 Å². The van der Waals surface area contributed by atoms with E-state index in [9.17, 15) is 0 Å². The number of fused-ring (bicyclic) bond motifs is 5. The zero-order chi connectivity index (χ0) is 31.7. The summed E-state index contributed by atoms with van der Waals surface area (Å²) < 4.78 is 61.7. The third-order valence-corrected chi connectivity index (χ3v) is 16.3. The fourth-order valence-corrected chi connectivity index (χ4v) is 10.0. The van der Waals surface area contributed by atoms with Crippen molar-refractivity contribution < 1.29 is 14.0 Å². The van der Waals surface area contributed by atoms with Crippen LogP contribution in [0.1, 0.15) is 129 Å². The van der Waals surface area contributed by atoms with Gasteiger partial charge in [0.15, 0.2) is 8.32 Å². The van der Waals surface area contributed by atoms with Crippen LogP contribution in [0.25, 0.3) is 0 Å². The third-order valence-electron chi connectivity index (χ3n) is 11.7. The first-order chi connectivity index (χ1) is 19.0. The minimum absolute atomic E-state index is 0.180. The Morgan fingerprint density at radius 2 is 1.91 bits per heavy atom. The van der Waals surface area contributed by atoms with Gasteiger partial charge in [-0.3, -0.25) is 0 Å². The molecule has 200 valence electrons. The Morgan fingerprint density at radius 1 is 1.17 bits per heavy atom. The fourth-order valence-electron chi connectivity index (χ4n) is 8.66. The zero-order valence-corrected chi connectivity index (χ0v) is 25.0. The molecule has 1 nitrogen and oxygen atoms in total. The number of allylic oxidation sites excluding steroid dienone is 3. The minimum atomic E-state index is -2.84. The van der Waals surface area contributed by atoms with Crippen molar-refractivity contribution in [1.29, 1.82) is 0 Å². The van der Waals surface area contributed by atoms with E-state index in [-0.39, 0.29) is 22.3 Å². The van der Waals surface area contributed by atoms with E-state index in [1.807, 2.05) is 0 Å². The van der Waals surface area contributed by atoms with E-state index in [0.717, 1.165) is 18.8 Å². The quantitative estimate of drug-likeness (QED) is 0.257. The number of hydrogen-bond donors (Lipinski definition) is 0. The standard InChI is InChI=1S/C33H58OSi/c1-23(2)12-11-13-24(3)28-16-17-29-27-15-14-25-22-26(34-35(9,10)31(4,5)6)18-20-32(25,7)30(27)19-21-33(28,29)8/h13-14,23,26-30H,11-12,15-22H2,1-10H3/b24-13-/t26-,27-,28+,29-,30-,32-,33+/m0/s1/i1D3,2D3,23D. The van der Waals surface area contributed by atoms with Gasteiger partial charge in [0.25, 0.3) is 0 Å². The van der Waals surface area contributed by atoms with Gasteiger partial charge >= 0.3 is 0 Å². The Labute approximate surface area is 229 Å². The first kappa shape index (κ1) is 19.7. The van der Waals surface area contributed by atoms with E-state index in [4.69, 9.17) is 14.0 Å². The van der Waals surface area contributed by atoms with Gasteiger partial charge in [-0.2, -0.15) is 0 Å². The van der Waals surface area contributed by atoms with Crippen LogP contribution < -0.4 is 0 Å². The van der Waals surface area contributed by atoms with Crippen LogP contribution >= 0.6 is 0 Å². The van der Waals surface area contributed by atoms with Gasteiger partial charge in [-0.1, -0.05) is 71.6 Å². The normalized spacial score (nSPS) is 44.2. The molecule has 0 aromatic carbocycles. The molecule has 0 unspecified atom stereocenters. The van der Waals surface area contributed by atoms with Gasteiger partial charge in [-0.15, -0.1) is 0 Å². The van der Waals surface area contributed by atoms with E-state index in [0.29, 0.717) is 30.3 Å². The Kier molecular flexibility index (Phi) is 5.49. The average Bonchev–Trinajstić information content (AvgIpc) is 3.19. The fraction of sp³-hybridized carbons (Fsp3) is 0.879. The highest BCUT2D eigenvalue weighted by Gasteiger charge is 2.59. The van der Waals surface area contributed by atoms with E-state index in [2.05, 4.69) is 66.8 Å². The van der Waals surface area contributed by atoms with Gasteiger partial charge in [0.05, 0.1) is 0 Å². The molecule has 4 rings (SSSR count). The molecule has 4 aliphatic carbocycles. The molecule has 0 N–H and O–H groups in total. The van der Waals surface area contributed by atoms with Crippen molar-refractivity contribution in [3.8, 4) is 0 Å². The SMILES string of the molecule is [2H]C([2H])([2H])C([2H])(CC/C=C(/C)[C@H]1CC[C@H]2[C@@H]3CC=C4C[C@@H](O[Si](C)(C)C(C)(C)C)CC[C@]4(C)[C@H]3CC[C@]12C)C([2H])([2H])[2H]. The van der Waals surface area contributed by atoms with Gasteiger partial charge in [0.1, 0.15) is 0 Å². The lowest BCUT2D eigenvalue weighted by molar-refractivity contribution is -0.0444. The Hall–Kier alpha value is -0.343. The molecule has 0 spiro atoms. The highest BCUT2D eigenvalue weighted by Crippen LogP contribution is 2.67. The number of rotatable bonds is 6. The van der Waals surface area contributed by atoms with Crippen molar-refractivity contribution in [2.75, 3.05) is 0 Å². The Bertz CT molecular complexity index is 1050. The smallest absolute Gasteiger partial charge is 0.192 e. The molecule has 0 aromatic heterocycles. The topological polar surface area (TPSA) is 9.23 Å². The van der Waals surface area contributed by atoms with E-state index >= 15 is 0 Å². The second-order valence-corrected chi connectivity index (χ2v) is 19.4. The summed E-state index contributed by atoms with van der Waals surface area (Å²) in [6.07, 6.45) is 14.7. The second kappa shape index (κ2) is 9.76. The molecule has 3 saturated carbocycles. The predicted octanol–water partition coefficient (Wildman–Crippen LogP) is 10.3. The highest BCUT2D eigenvalue weighted by atomic mass is 28.4. The maximum atomic E-state index is 8.37. The maximum absolute atomic E-state index is 8.37. The number of hydrogen-bond acceptors (Lipinski definition) is 1. The van der Waals surface area contributed by atoms with E-state index < -0.39 is 27.9 Å². The molecule has 3 fully saturated rings. The molecule has 2 heteroatoms. The van der Waals surface area contributed by atoms with Crippen molar-refractivity contribution in [2.24, 2.45) is 40.4 Å². The molecule has 4 aliphatic rings. The summed E-state index contributed by atoms with van der Waals surface area (Å²) in [7, 11) is -1.79. The molecular weight excluding hydrogens is 440 g/mol. The van der Waals surface area contributed by atoms with Gasteiger partial charge in [0.2, 0.25) is 0 Å². The van der Waals surface area contributed by atoms with Crippen LogP contribution in [0.5, 0.6) is 0 Å². The first-order valence-corrected chi connectivity index (χ1v) is 17.4. The van der Waals surface area contributed by atoms with Crippen LogP contribution in [0.4, 0.5) is 0 Å². The molecule has 7 atom stereocenters.